The van der Waals surface area contributed by atoms with Gasteiger partial charge in [0, 0.05) is 31.7 Å². The van der Waals surface area contributed by atoms with E-state index < -0.39 is 11.9 Å². The zero-order valence-corrected chi connectivity index (χ0v) is 14.0. The average Bonchev–Trinajstić information content (AvgIpc) is 2.79. The van der Waals surface area contributed by atoms with Gasteiger partial charge < -0.3 is 10.0 Å². The third kappa shape index (κ3) is 3.31. The number of rotatable bonds is 2. The molecule has 22 heavy (non-hydrogen) atoms. The first-order valence-corrected chi connectivity index (χ1v) is 7.65. The Hall–Kier alpha value is -1.85. The summed E-state index contributed by atoms with van der Waals surface area (Å²) in [6.07, 6.45) is 2.36. The Bertz CT molecular complexity index is 586. The van der Waals surface area contributed by atoms with Crippen molar-refractivity contribution in [3.63, 3.8) is 0 Å². The number of nitrogens with zero attached hydrogens (tertiary/aromatic N) is 3. The van der Waals surface area contributed by atoms with Crippen LogP contribution in [0.3, 0.4) is 0 Å². The summed E-state index contributed by atoms with van der Waals surface area (Å²) in [5.74, 6) is -1.24. The van der Waals surface area contributed by atoms with Crippen molar-refractivity contribution >= 4 is 11.9 Å². The number of hydrogen-bond acceptors (Lipinski definition) is 3. The molecule has 6 nitrogen and oxygen atoms in total. The van der Waals surface area contributed by atoms with Crippen LogP contribution >= 0.6 is 0 Å². The number of aromatic nitrogens is 2. The van der Waals surface area contributed by atoms with E-state index in [2.05, 4.69) is 5.10 Å². The minimum Gasteiger partial charge on any atom is -0.481 e. The number of carbonyl (C=O) groups is 2. The highest BCUT2D eigenvalue weighted by Crippen LogP contribution is 2.28. The lowest BCUT2D eigenvalue weighted by Crippen LogP contribution is -2.45. The SMILES string of the molecule is CC1CC(C(=O)O)CN(C(=O)c2cn(C)nc2C(C)(C)C)C1. The number of likely N-dealkylation sites (tertiary alicyclic amines) is 1. The average molecular weight is 307 g/mol. The van der Waals surface area contributed by atoms with Crippen LogP contribution in [0.2, 0.25) is 0 Å². The van der Waals surface area contributed by atoms with Crippen LogP contribution in [0.25, 0.3) is 0 Å². The third-order valence-corrected chi connectivity index (χ3v) is 4.07. The molecular weight excluding hydrogens is 282 g/mol. The molecule has 1 saturated heterocycles. The molecular formula is C16H25N3O3. The maximum atomic E-state index is 12.9. The first-order valence-electron chi connectivity index (χ1n) is 7.65. The molecule has 1 aromatic heterocycles. The zero-order valence-electron chi connectivity index (χ0n) is 14.0. The van der Waals surface area contributed by atoms with Gasteiger partial charge in [-0.15, -0.1) is 0 Å². The van der Waals surface area contributed by atoms with E-state index in [1.807, 2.05) is 27.7 Å². The van der Waals surface area contributed by atoms with Crippen molar-refractivity contribution in [2.45, 2.75) is 39.5 Å². The van der Waals surface area contributed by atoms with Crippen molar-refractivity contribution in [1.82, 2.24) is 14.7 Å². The largest absolute Gasteiger partial charge is 0.481 e. The van der Waals surface area contributed by atoms with Gasteiger partial charge in [0.2, 0.25) is 0 Å². The molecule has 0 saturated carbocycles. The van der Waals surface area contributed by atoms with Crippen LogP contribution in [0.5, 0.6) is 0 Å². The Morgan fingerprint density at radius 3 is 2.50 bits per heavy atom. The van der Waals surface area contributed by atoms with Crippen LogP contribution in [-0.2, 0) is 17.3 Å². The molecule has 1 aromatic rings. The molecule has 1 N–H and O–H groups in total. The minimum absolute atomic E-state index is 0.115. The van der Waals surface area contributed by atoms with Gasteiger partial charge in [-0.25, -0.2) is 0 Å². The lowest BCUT2D eigenvalue weighted by Gasteiger charge is -2.35. The second-order valence-electron chi connectivity index (χ2n) is 7.40. The summed E-state index contributed by atoms with van der Waals surface area (Å²) in [7, 11) is 1.80. The van der Waals surface area contributed by atoms with Crippen LogP contribution in [0.15, 0.2) is 6.20 Å². The van der Waals surface area contributed by atoms with Gasteiger partial charge in [-0.05, 0) is 12.3 Å². The van der Waals surface area contributed by atoms with Gasteiger partial charge in [0.1, 0.15) is 0 Å². The number of carbonyl (C=O) groups excluding carboxylic acids is 1. The molecule has 1 amide bonds. The highest BCUT2D eigenvalue weighted by Gasteiger charge is 2.35. The van der Waals surface area contributed by atoms with E-state index in [4.69, 9.17) is 0 Å². The standard InChI is InChI=1S/C16H25N3O3/c1-10-6-11(15(21)22)8-19(7-10)14(20)12-9-18(5)17-13(12)16(2,3)4/h9-11H,6-8H2,1-5H3,(H,21,22). The summed E-state index contributed by atoms with van der Waals surface area (Å²) in [4.78, 5) is 25.8. The third-order valence-electron chi connectivity index (χ3n) is 4.07. The molecule has 1 fully saturated rings. The van der Waals surface area contributed by atoms with E-state index in [0.717, 1.165) is 5.69 Å². The fourth-order valence-electron chi connectivity index (χ4n) is 3.07. The van der Waals surface area contributed by atoms with E-state index in [1.165, 1.54) is 0 Å². The molecule has 2 unspecified atom stereocenters. The van der Waals surface area contributed by atoms with Crippen LogP contribution in [0, 0.1) is 11.8 Å². The molecule has 1 aliphatic rings. The number of piperidine rings is 1. The number of aryl methyl sites for hydroxylation is 1. The molecule has 0 aromatic carbocycles. The fourth-order valence-corrected chi connectivity index (χ4v) is 3.07. The molecule has 1 aliphatic heterocycles. The molecule has 6 heteroatoms. The minimum atomic E-state index is -0.827. The quantitative estimate of drug-likeness (QED) is 0.905. The topological polar surface area (TPSA) is 75.4 Å². The number of amides is 1. The van der Waals surface area contributed by atoms with Crippen molar-refractivity contribution in [3.05, 3.63) is 17.5 Å². The predicted molar refractivity (Wildman–Crippen MR) is 82.7 cm³/mol. The number of hydrogen-bond donors (Lipinski definition) is 1. The highest BCUT2D eigenvalue weighted by molar-refractivity contribution is 5.95. The van der Waals surface area contributed by atoms with Gasteiger partial charge in [-0.3, -0.25) is 14.3 Å². The van der Waals surface area contributed by atoms with Crippen LogP contribution in [0.4, 0.5) is 0 Å². The van der Waals surface area contributed by atoms with E-state index in [0.29, 0.717) is 18.5 Å². The summed E-state index contributed by atoms with van der Waals surface area (Å²) >= 11 is 0. The first-order chi connectivity index (χ1) is 10.1. The van der Waals surface area contributed by atoms with E-state index in [9.17, 15) is 14.7 Å². The summed E-state index contributed by atoms with van der Waals surface area (Å²) in [5, 5.41) is 13.7. The maximum Gasteiger partial charge on any atom is 0.308 e. The van der Waals surface area contributed by atoms with E-state index in [1.54, 1.807) is 22.8 Å². The number of carboxylic acids is 1. The molecule has 0 bridgehead atoms. The Kier molecular flexibility index (Phi) is 4.31. The highest BCUT2D eigenvalue weighted by atomic mass is 16.4. The van der Waals surface area contributed by atoms with Crippen LogP contribution < -0.4 is 0 Å². The number of carboxylic acid groups (broad SMARTS) is 1. The summed E-state index contributed by atoms with van der Waals surface area (Å²) in [6, 6.07) is 0. The smallest absolute Gasteiger partial charge is 0.308 e. The van der Waals surface area contributed by atoms with Crippen molar-refractivity contribution in [2.75, 3.05) is 13.1 Å². The molecule has 2 heterocycles. The Morgan fingerprint density at radius 1 is 1.32 bits per heavy atom. The van der Waals surface area contributed by atoms with Crippen molar-refractivity contribution in [3.8, 4) is 0 Å². The first kappa shape index (κ1) is 16.5. The number of aliphatic carboxylic acids is 1. The van der Waals surface area contributed by atoms with Gasteiger partial charge >= 0.3 is 5.97 Å². The van der Waals surface area contributed by atoms with Gasteiger partial charge in [0.15, 0.2) is 0 Å². The molecule has 2 rings (SSSR count). The van der Waals surface area contributed by atoms with E-state index in [-0.39, 0.29) is 23.8 Å². The second kappa shape index (κ2) is 5.74. The second-order valence-corrected chi connectivity index (χ2v) is 7.40. The van der Waals surface area contributed by atoms with Crippen molar-refractivity contribution in [1.29, 1.82) is 0 Å². The van der Waals surface area contributed by atoms with Gasteiger partial charge in [-0.1, -0.05) is 27.7 Å². The molecule has 0 aliphatic carbocycles. The molecule has 0 radical (unpaired) electrons. The Labute approximate surface area is 131 Å². The Balaban J connectivity index is 2.30. The molecule has 0 spiro atoms. The summed E-state index contributed by atoms with van der Waals surface area (Å²) in [5.41, 5.74) is 1.10. The van der Waals surface area contributed by atoms with Crippen LogP contribution in [-0.4, -0.2) is 44.8 Å². The summed E-state index contributed by atoms with van der Waals surface area (Å²) < 4.78 is 1.65. The van der Waals surface area contributed by atoms with Gasteiger partial charge in [0.05, 0.1) is 17.2 Å². The van der Waals surface area contributed by atoms with Gasteiger partial charge in [-0.2, -0.15) is 5.10 Å². The predicted octanol–water partition coefficient (Wildman–Crippen LogP) is 1.90. The van der Waals surface area contributed by atoms with Gasteiger partial charge in [0.25, 0.3) is 5.91 Å². The fraction of sp³-hybridized carbons (Fsp3) is 0.688. The normalized spacial score (nSPS) is 22.7. The monoisotopic (exact) mass is 307 g/mol. The zero-order chi connectivity index (χ0) is 16.7. The maximum absolute atomic E-state index is 12.9. The van der Waals surface area contributed by atoms with Crippen LogP contribution in [0.1, 0.15) is 50.2 Å². The lowest BCUT2D eigenvalue weighted by atomic mass is 9.87. The molecule has 122 valence electrons. The summed E-state index contributed by atoms with van der Waals surface area (Å²) in [6.45, 7) is 8.92. The van der Waals surface area contributed by atoms with Crippen molar-refractivity contribution in [2.24, 2.45) is 18.9 Å². The Morgan fingerprint density at radius 2 is 1.95 bits per heavy atom. The molecule has 2 atom stereocenters. The van der Waals surface area contributed by atoms with Crippen molar-refractivity contribution < 1.29 is 14.7 Å². The lowest BCUT2D eigenvalue weighted by molar-refractivity contribution is -0.143. The van der Waals surface area contributed by atoms with E-state index >= 15 is 0 Å².